The van der Waals surface area contributed by atoms with Crippen LogP contribution in [0.2, 0.25) is 0 Å². The number of phenols is 1. The first-order chi connectivity index (χ1) is 14.3. The fraction of sp³-hybridized carbons (Fsp3) is 0.500. The zero-order valence-corrected chi connectivity index (χ0v) is 18.2. The maximum atomic E-state index is 9.76. The number of nitrogens with two attached hydrogens (primary N) is 1. The van der Waals surface area contributed by atoms with Gasteiger partial charge in [0.15, 0.2) is 0 Å². The third-order valence-corrected chi connectivity index (χ3v) is 6.57. The molecule has 0 saturated carbocycles. The van der Waals surface area contributed by atoms with Crippen molar-refractivity contribution < 1.29 is 10.2 Å². The number of aliphatic hydroxyl groups excluding tert-OH is 1. The van der Waals surface area contributed by atoms with Gasteiger partial charge in [-0.3, -0.25) is 9.80 Å². The highest BCUT2D eigenvalue weighted by Crippen LogP contribution is 2.27. The second-order valence-electron chi connectivity index (χ2n) is 8.51. The molecule has 0 bridgehead atoms. The van der Waals surface area contributed by atoms with Crippen molar-refractivity contribution >= 4 is 5.70 Å². The van der Waals surface area contributed by atoms with Crippen LogP contribution in [0.15, 0.2) is 49.4 Å². The summed E-state index contributed by atoms with van der Waals surface area (Å²) < 4.78 is 0. The highest BCUT2D eigenvalue weighted by Gasteiger charge is 2.33. The number of nitrogens with zero attached hydrogens (tertiary/aromatic N) is 3. The predicted molar refractivity (Wildman–Crippen MR) is 123 cm³/mol. The van der Waals surface area contributed by atoms with Gasteiger partial charge in [0.25, 0.3) is 0 Å². The summed E-state index contributed by atoms with van der Waals surface area (Å²) in [5, 5.41) is 19.4. The molecular formula is C24H36N4O2. The van der Waals surface area contributed by atoms with E-state index in [9.17, 15) is 10.2 Å². The van der Waals surface area contributed by atoms with Gasteiger partial charge in [-0.25, -0.2) is 0 Å². The number of phenolic OH excluding ortho intramolecular Hbond substituents is 1. The Bertz CT molecular complexity index is 798. The topological polar surface area (TPSA) is 76.2 Å². The molecule has 4 N–H and O–H groups in total. The summed E-state index contributed by atoms with van der Waals surface area (Å²) in [6, 6.07) is 6.42. The van der Waals surface area contributed by atoms with E-state index in [1.165, 1.54) is 0 Å². The molecule has 0 spiro atoms. The van der Waals surface area contributed by atoms with Gasteiger partial charge in [0.05, 0.1) is 5.70 Å². The summed E-state index contributed by atoms with van der Waals surface area (Å²) in [6.45, 7) is 19.4. The van der Waals surface area contributed by atoms with Crippen molar-refractivity contribution in [2.24, 2.45) is 5.73 Å². The van der Waals surface area contributed by atoms with Crippen molar-refractivity contribution in [2.75, 3.05) is 32.7 Å². The molecule has 2 fully saturated rings. The Kier molecular flexibility index (Phi) is 7.10. The molecule has 0 radical (unpaired) electrons. The highest BCUT2D eigenvalue weighted by atomic mass is 16.3. The number of hydrogen-bond donors (Lipinski definition) is 3. The van der Waals surface area contributed by atoms with Gasteiger partial charge in [-0.2, -0.15) is 0 Å². The summed E-state index contributed by atoms with van der Waals surface area (Å²) in [4.78, 5) is 7.28. The van der Waals surface area contributed by atoms with Crippen LogP contribution in [0, 0.1) is 0 Å². The Morgan fingerprint density at radius 2 is 1.83 bits per heavy atom. The first-order valence-electron chi connectivity index (χ1n) is 10.9. The minimum Gasteiger partial charge on any atom is -0.508 e. The van der Waals surface area contributed by atoms with E-state index in [1.807, 2.05) is 6.07 Å². The molecule has 2 saturated heterocycles. The van der Waals surface area contributed by atoms with Gasteiger partial charge < -0.3 is 20.8 Å². The molecule has 0 aromatic heterocycles. The lowest BCUT2D eigenvalue weighted by molar-refractivity contribution is 0.0221. The van der Waals surface area contributed by atoms with Gasteiger partial charge in [0.2, 0.25) is 0 Å². The third-order valence-electron chi connectivity index (χ3n) is 6.57. The average Bonchev–Trinajstić information content (AvgIpc) is 2.74. The van der Waals surface area contributed by atoms with E-state index >= 15 is 0 Å². The van der Waals surface area contributed by atoms with E-state index in [1.54, 1.807) is 12.1 Å². The number of likely N-dealkylation sites (tertiary alicyclic amines) is 1. The fourth-order valence-corrected chi connectivity index (χ4v) is 4.79. The molecule has 0 amide bonds. The SMILES string of the molecule is C=C(O)C(=C)N1CCN(C2CCN(Cc3ccc(O)cc3C(=C)N)CC2)C(CC)C1. The van der Waals surface area contributed by atoms with Crippen LogP contribution in [0.4, 0.5) is 0 Å². The van der Waals surface area contributed by atoms with Gasteiger partial charge in [-0.05, 0) is 50.0 Å². The molecule has 30 heavy (non-hydrogen) atoms. The number of aromatic hydroxyl groups is 1. The van der Waals surface area contributed by atoms with Gasteiger partial charge in [-0.1, -0.05) is 32.7 Å². The molecule has 1 unspecified atom stereocenters. The second kappa shape index (κ2) is 9.58. The van der Waals surface area contributed by atoms with Crippen molar-refractivity contribution in [3.05, 3.63) is 60.5 Å². The zero-order valence-electron chi connectivity index (χ0n) is 18.2. The van der Waals surface area contributed by atoms with Gasteiger partial charge in [0, 0.05) is 49.5 Å². The normalized spacial score (nSPS) is 21.5. The first-order valence-corrected chi connectivity index (χ1v) is 10.9. The van der Waals surface area contributed by atoms with Crippen molar-refractivity contribution in [3.8, 4) is 5.75 Å². The Hall–Kier alpha value is -2.44. The minimum absolute atomic E-state index is 0.0698. The van der Waals surface area contributed by atoms with Gasteiger partial charge in [-0.15, -0.1) is 0 Å². The molecule has 1 atom stereocenters. The number of piperazine rings is 1. The molecule has 1 aromatic rings. The number of hydrogen-bond acceptors (Lipinski definition) is 6. The van der Waals surface area contributed by atoms with Crippen LogP contribution in [0.3, 0.4) is 0 Å². The van der Waals surface area contributed by atoms with Crippen molar-refractivity contribution in [3.63, 3.8) is 0 Å². The Balaban J connectivity index is 1.57. The smallest absolute Gasteiger partial charge is 0.131 e. The summed E-state index contributed by atoms with van der Waals surface area (Å²) >= 11 is 0. The lowest BCUT2D eigenvalue weighted by Crippen LogP contribution is -2.57. The van der Waals surface area contributed by atoms with Crippen LogP contribution in [0.5, 0.6) is 5.75 Å². The lowest BCUT2D eigenvalue weighted by Gasteiger charge is -2.48. The molecule has 1 aromatic carbocycles. The summed E-state index contributed by atoms with van der Waals surface area (Å²) in [5.41, 5.74) is 9.02. The first kappa shape index (κ1) is 22.2. The largest absolute Gasteiger partial charge is 0.508 e. The molecule has 3 rings (SSSR count). The number of piperidine rings is 1. The van der Waals surface area contributed by atoms with Crippen molar-refractivity contribution in [1.29, 1.82) is 0 Å². The van der Waals surface area contributed by atoms with E-state index in [0.29, 0.717) is 23.5 Å². The molecular weight excluding hydrogens is 376 g/mol. The predicted octanol–water partition coefficient (Wildman–Crippen LogP) is 3.27. The summed E-state index contributed by atoms with van der Waals surface area (Å²) in [5.74, 6) is 0.289. The maximum absolute atomic E-state index is 9.76. The maximum Gasteiger partial charge on any atom is 0.131 e. The highest BCUT2D eigenvalue weighted by molar-refractivity contribution is 5.65. The Morgan fingerprint density at radius 1 is 1.13 bits per heavy atom. The Labute approximate surface area is 180 Å². The molecule has 2 aliphatic heterocycles. The van der Waals surface area contributed by atoms with Crippen LogP contribution < -0.4 is 5.73 Å². The monoisotopic (exact) mass is 412 g/mol. The van der Waals surface area contributed by atoms with Crippen molar-refractivity contribution in [2.45, 2.75) is 44.8 Å². The lowest BCUT2D eigenvalue weighted by atomic mass is 9.97. The fourth-order valence-electron chi connectivity index (χ4n) is 4.79. The van der Waals surface area contributed by atoms with E-state index in [0.717, 1.165) is 69.7 Å². The van der Waals surface area contributed by atoms with E-state index in [-0.39, 0.29) is 11.5 Å². The van der Waals surface area contributed by atoms with Crippen LogP contribution in [0.1, 0.15) is 37.3 Å². The number of aliphatic hydroxyl groups is 1. The summed E-state index contributed by atoms with van der Waals surface area (Å²) in [7, 11) is 0. The molecule has 0 aliphatic carbocycles. The quantitative estimate of drug-likeness (QED) is 0.471. The molecule has 6 nitrogen and oxygen atoms in total. The van der Waals surface area contributed by atoms with E-state index in [4.69, 9.17) is 5.73 Å². The van der Waals surface area contributed by atoms with E-state index in [2.05, 4.69) is 41.4 Å². The molecule has 164 valence electrons. The van der Waals surface area contributed by atoms with Crippen LogP contribution in [0.25, 0.3) is 5.70 Å². The van der Waals surface area contributed by atoms with Crippen molar-refractivity contribution in [1.82, 2.24) is 14.7 Å². The third kappa shape index (κ3) is 4.99. The molecule has 2 heterocycles. The van der Waals surface area contributed by atoms with E-state index < -0.39 is 0 Å². The van der Waals surface area contributed by atoms with Crippen LogP contribution >= 0.6 is 0 Å². The van der Waals surface area contributed by atoms with Crippen LogP contribution in [-0.4, -0.2) is 69.7 Å². The zero-order chi connectivity index (χ0) is 21.8. The van der Waals surface area contributed by atoms with Gasteiger partial charge >= 0.3 is 0 Å². The molecule has 6 heteroatoms. The number of benzene rings is 1. The van der Waals surface area contributed by atoms with Crippen LogP contribution in [-0.2, 0) is 6.54 Å². The standard InChI is InChI=1S/C24H36N4O2/c1-5-21-16-27(18(3)19(4)29)12-13-28(21)22-8-10-26(11-9-22)15-20-6-7-23(30)14-24(20)17(2)25/h6-7,14,21-22,29-30H,2-5,8-13,15-16,25H2,1H3. The van der Waals surface area contributed by atoms with Gasteiger partial charge in [0.1, 0.15) is 11.5 Å². The molecule has 2 aliphatic rings. The minimum atomic E-state index is 0.0698. The average molecular weight is 413 g/mol. The second-order valence-corrected chi connectivity index (χ2v) is 8.51. The Morgan fingerprint density at radius 3 is 2.43 bits per heavy atom. The number of rotatable bonds is 7. The summed E-state index contributed by atoms with van der Waals surface area (Å²) in [6.07, 6.45) is 3.36.